The molecule has 9 heteroatoms. The standard InChI is InChI=1S/C18H16FN5O2S/c19-13-3-1-11(2-4-13)17(26)24-7-5-12(10-24)14-9-15(23-22-14)16(25)21-18-20-6-8-27-18/h1-4,6,8-9,12H,5,7,10H2,(H,22,23)(H,20,21,25)/t12-/m0/s1. The molecule has 7 nitrogen and oxygen atoms in total. The average Bonchev–Trinajstić information content (AvgIpc) is 3.42. The van der Waals surface area contributed by atoms with Gasteiger partial charge in [0.15, 0.2) is 10.8 Å². The van der Waals surface area contributed by atoms with Gasteiger partial charge in [-0.2, -0.15) is 5.10 Å². The van der Waals surface area contributed by atoms with Gasteiger partial charge < -0.3 is 4.90 Å². The first kappa shape index (κ1) is 17.3. The van der Waals surface area contributed by atoms with E-state index in [4.69, 9.17) is 0 Å². The van der Waals surface area contributed by atoms with E-state index in [1.807, 2.05) is 0 Å². The maximum Gasteiger partial charge on any atom is 0.277 e. The van der Waals surface area contributed by atoms with E-state index in [9.17, 15) is 14.0 Å². The molecule has 2 amide bonds. The summed E-state index contributed by atoms with van der Waals surface area (Å²) in [5, 5.41) is 11.9. The highest BCUT2D eigenvalue weighted by molar-refractivity contribution is 7.13. The highest BCUT2D eigenvalue weighted by Crippen LogP contribution is 2.27. The predicted octanol–water partition coefficient (Wildman–Crippen LogP) is 2.89. The molecule has 1 saturated heterocycles. The Morgan fingerprint density at radius 1 is 1.30 bits per heavy atom. The van der Waals surface area contributed by atoms with E-state index in [1.165, 1.54) is 35.6 Å². The van der Waals surface area contributed by atoms with E-state index in [1.54, 1.807) is 22.5 Å². The normalized spacial score (nSPS) is 16.5. The molecule has 3 heterocycles. The number of carbonyl (C=O) groups excluding carboxylic acids is 2. The van der Waals surface area contributed by atoms with Gasteiger partial charge in [-0.15, -0.1) is 11.3 Å². The molecule has 1 aliphatic rings. The lowest BCUT2D eigenvalue weighted by Gasteiger charge is -2.16. The fourth-order valence-corrected chi connectivity index (χ4v) is 3.61. The number of H-pyrrole nitrogens is 1. The van der Waals surface area contributed by atoms with Crippen LogP contribution in [-0.2, 0) is 0 Å². The Hall–Kier alpha value is -3.07. The van der Waals surface area contributed by atoms with Gasteiger partial charge in [0.1, 0.15) is 5.82 Å². The number of hydrogen-bond acceptors (Lipinski definition) is 5. The first-order chi connectivity index (χ1) is 13.1. The van der Waals surface area contributed by atoms with Crippen molar-refractivity contribution in [2.45, 2.75) is 12.3 Å². The Kier molecular flexibility index (Phi) is 4.68. The molecule has 0 radical (unpaired) electrons. The van der Waals surface area contributed by atoms with Gasteiger partial charge >= 0.3 is 0 Å². The van der Waals surface area contributed by atoms with Crippen molar-refractivity contribution in [1.29, 1.82) is 0 Å². The fourth-order valence-electron chi connectivity index (χ4n) is 3.08. The maximum absolute atomic E-state index is 13.0. The number of carbonyl (C=O) groups is 2. The number of anilines is 1. The molecule has 27 heavy (non-hydrogen) atoms. The number of rotatable bonds is 4. The van der Waals surface area contributed by atoms with E-state index < -0.39 is 0 Å². The molecule has 3 aromatic rings. The van der Waals surface area contributed by atoms with Crippen LogP contribution in [0.3, 0.4) is 0 Å². The number of aromatic amines is 1. The number of thiazole rings is 1. The smallest absolute Gasteiger partial charge is 0.277 e. The zero-order chi connectivity index (χ0) is 18.8. The molecule has 1 fully saturated rings. The van der Waals surface area contributed by atoms with Crippen molar-refractivity contribution in [3.05, 3.63) is 64.7 Å². The first-order valence-corrected chi connectivity index (χ1v) is 9.29. The number of benzene rings is 1. The van der Waals surface area contributed by atoms with E-state index >= 15 is 0 Å². The van der Waals surface area contributed by atoms with Gasteiger partial charge in [0.25, 0.3) is 11.8 Å². The molecule has 2 N–H and O–H groups in total. The highest BCUT2D eigenvalue weighted by atomic mass is 32.1. The van der Waals surface area contributed by atoms with E-state index in [0.29, 0.717) is 23.8 Å². The van der Waals surface area contributed by atoms with Gasteiger partial charge in [0.05, 0.1) is 0 Å². The summed E-state index contributed by atoms with van der Waals surface area (Å²) >= 11 is 1.33. The Balaban J connectivity index is 1.40. The van der Waals surface area contributed by atoms with Gasteiger partial charge in [0, 0.05) is 41.8 Å². The van der Waals surface area contributed by atoms with Crippen molar-refractivity contribution < 1.29 is 14.0 Å². The monoisotopic (exact) mass is 385 g/mol. The molecular formula is C18H16FN5O2S. The third kappa shape index (κ3) is 3.72. The quantitative estimate of drug-likeness (QED) is 0.722. The SMILES string of the molecule is O=C(Nc1nccs1)c1cc([C@H]2CCN(C(=O)c3ccc(F)cc3)C2)[nH]n1. The van der Waals surface area contributed by atoms with Crippen molar-refractivity contribution in [1.82, 2.24) is 20.1 Å². The number of amides is 2. The van der Waals surface area contributed by atoms with Crippen LogP contribution < -0.4 is 5.32 Å². The number of likely N-dealkylation sites (tertiary alicyclic amines) is 1. The summed E-state index contributed by atoms with van der Waals surface area (Å²) in [4.78, 5) is 30.5. The molecule has 1 aromatic carbocycles. The second-order valence-corrected chi connectivity index (χ2v) is 7.14. The van der Waals surface area contributed by atoms with Crippen molar-refractivity contribution in [3.63, 3.8) is 0 Å². The zero-order valence-corrected chi connectivity index (χ0v) is 15.0. The number of nitrogens with one attached hydrogen (secondary N) is 2. The van der Waals surface area contributed by atoms with E-state index in [2.05, 4.69) is 20.5 Å². The minimum Gasteiger partial charge on any atom is -0.338 e. The first-order valence-electron chi connectivity index (χ1n) is 8.41. The zero-order valence-electron chi connectivity index (χ0n) is 14.2. The molecular weight excluding hydrogens is 369 g/mol. The molecule has 1 aliphatic heterocycles. The Morgan fingerprint density at radius 2 is 2.11 bits per heavy atom. The van der Waals surface area contributed by atoms with E-state index in [-0.39, 0.29) is 29.2 Å². The predicted molar refractivity (Wildman–Crippen MR) is 98.3 cm³/mol. The third-order valence-electron chi connectivity index (χ3n) is 4.49. The van der Waals surface area contributed by atoms with Gasteiger partial charge in [-0.05, 0) is 36.8 Å². The average molecular weight is 385 g/mol. The van der Waals surface area contributed by atoms with Gasteiger partial charge in [0.2, 0.25) is 0 Å². The molecule has 0 unspecified atom stereocenters. The fraction of sp³-hybridized carbons (Fsp3) is 0.222. The second-order valence-electron chi connectivity index (χ2n) is 6.24. The summed E-state index contributed by atoms with van der Waals surface area (Å²) in [6.07, 6.45) is 2.38. The lowest BCUT2D eigenvalue weighted by molar-refractivity contribution is 0.0790. The highest BCUT2D eigenvalue weighted by Gasteiger charge is 2.29. The van der Waals surface area contributed by atoms with Crippen LogP contribution in [0.1, 0.15) is 38.9 Å². The van der Waals surface area contributed by atoms with Crippen LogP contribution in [0.2, 0.25) is 0 Å². The summed E-state index contributed by atoms with van der Waals surface area (Å²) in [6, 6.07) is 7.25. The Morgan fingerprint density at radius 3 is 2.85 bits per heavy atom. The minimum absolute atomic E-state index is 0.0725. The number of halogens is 1. The van der Waals surface area contributed by atoms with Crippen LogP contribution in [-0.4, -0.2) is 45.0 Å². The largest absolute Gasteiger partial charge is 0.338 e. The molecule has 2 aromatic heterocycles. The topological polar surface area (TPSA) is 91.0 Å². The molecule has 1 atom stereocenters. The summed E-state index contributed by atoms with van der Waals surface area (Å²) < 4.78 is 13.0. The molecule has 138 valence electrons. The number of aromatic nitrogens is 3. The summed E-state index contributed by atoms with van der Waals surface area (Å²) in [6.45, 7) is 1.12. The number of nitrogens with zero attached hydrogens (tertiary/aromatic N) is 3. The van der Waals surface area contributed by atoms with Crippen LogP contribution in [0.15, 0.2) is 41.9 Å². The van der Waals surface area contributed by atoms with Crippen molar-refractivity contribution in [2.75, 3.05) is 18.4 Å². The van der Waals surface area contributed by atoms with Crippen LogP contribution in [0, 0.1) is 5.82 Å². The molecule has 0 aliphatic carbocycles. The molecule has 0 bridgehead atoms. The van der Waals surface area contributed by atoms with Gasteiger partial charge in [-0.1, -0.05) is 0 Å². The van der Waals surface area contributed by atoms with Crippen molar-refractivity contribution in [2.24, 2.45) is 0 Å². The van der Waals surface area contributed by atoms with Crippen LogP contribution >= 0.6 is 11.3 Å². The van der Waals surface area contributed by atoms with Gasteiger partial charge in [-0.25, -0.2) is 9.37 Å². The lowest BCUT2D eigenvalue weighted by Crippen LogP contribution is -2.28. The van der Waals surface area contributed by atoms with Crippen molar-refractivity contribution in [3.8, 4) is 0 Å². The van der Waals surface area contributed by atoms with Crippen LogP contribution in [0.4, 0.5) is 9.52 Å². The Bertz CT molecular complexity index is 955. The van der Waals surface area contributed by atoms with Crippen LogP contribution in [0.5, 0.6) is 0 Å². The molecule has 0 saturated carbocycles. The molecule has 0 spiro atoms. The number of hydrogen-bond donors (Lipinski definition) is 2. The third-order valence-corrected chi connectivity index (χ3v) is 5.18. The maximum atomic E-state index is 13.0. The van der Waals surface area contributed by atoms with E-state index in [0.717, 1.165) is 12.1 Å². The van der Waals surface area contributed by atoms with Gasteiger partial charge in [-0.3, -0.25) is 20.0 Å². The van der Waals surface area contributed by atoms with Crippen molar-refractivity contribution >= 4 is 28.3 Å². The lowest BCUT2D eigenvalue weighted by atomic mass is 10.0. The minimum atomic E-state index is -0.369. The Labute approximate surface area is 158 Å². The summed E-state index contributed by atoms with van der Waals surface area (Å²) in [5.74, 6) is -0.751. The second kappa shape index (κ2) is 7.28. The summed E-state index contributed by atoms with van der Waals surface area (Å²) in [5.41, 5.74) is 1.56. The summed E-state index contributed by atoms with van der Waals surface area (Å²) in [7, 11) is 0. The van der Waals surface area contributed by atoms with Crippen LogP contribution in [0.25, 0.3) is 0 Å². The molecule has 4 rings (SSSR count).